The first kappa shape index (κ1) is 24.8. The summed E-state index contributed by atoms with van der Waals surface area (Å²) in [6.45, 7) is 5.47. The number of halogens is 3. The van der Waals surface area contributed by atoms with Crippen LogP contribution in [0.25, 0.3) is 16.7 Å². The fourth-order valence-electron chi connectivity index (χ4n) is 4.87. The van der Waals surface area contributed by atoms with Gasteiger partial charge in [0.1, 0.15) is 11.6 Å². The molecule has 1 aliphatic rings. The zero-order valence-corrected chi connectivity index (χ0v) is 20.6. The number of imidazole rings is 1. The lowest BCUT2D eigenvalue weighted by atomic mass is 10.0. The highest BCUT2D eigenvalue weighted by Gasteiger charge is 2.31. The van der Waals surface area contributed by atoms with Gasteiger partial charge in [0.2, 0.25) is 0 Å². The Kier molecular flexibility index (Phi) is 6.62. The van der Waals surface area contributed by atoms with Crippen LogP contribution in [0.2, 0.25) is 0 Å². The molecule has 9 heteroatoms. The third kappa shape index (κ3) is 5.45. The Labute approximate surface area is 212 Å². The minimum absolute atomic E-state index is 0.0399. The van der Waals surface area contributed by atoms with Crippen molar-refractivity contribution >= 4 is 16.9 Å². The van der Waals surface area contributed by atoms with E-state index in [1.54, 1.807) is 30.5 Å². The lowest BCUT2D eigenvalue weighted by Gasteiger charge is -2.17. The molecule has 3 heterocycles. The van der Waals surface area contributed by atoms with Crippen LogP contribution < -0.4 is 4.74 Å². The Morgan fingerprint density at radius 1 is 1.14 bits per heavy atom. The number of ether oxygens (including phenoxy) is 1. The van der Waals surface area contributed by atoms with E-state index in [2.05, 4.69) is 23.6 Å². The van der Waals surface area contributed by atoms with Gasteiger partial charge in [0.25, 0.3) is 5.91 Å². The van der Waals surface area contributed by atoms with Gasteiger partial charge in [0.05, 0.1) is 11.0 Å². The van der Waals surface area contributed by atoms with E-state index in [9.17, 15) is 18.0 Å². The van der Waals surface area contributed by atoms with Crippen LogP contribution in [-0.4, -0.2) is 44.8 Å². The van der Waals surface area contributed by atoms with Gasteiger partial charge in [-0.2, -0.15) is 0 Å². The van der Waals surface area contributed by atoms with E-state index in [-0.39, 0.29) is 17.6 Å². The van der Waals surface area contributed by atoms with Crippen LogP contribution in [0.1, 0.15) is 47.9 Å². The fourth-order valence-corrected chi connectivity index (χ4v) is 4.87. The minimum atomic E-state index is -4.75. The summed E-state index contributed by atoms with van der Waals surface area (Å²) < 4.78 is 43.7. The van der Waals surface area contributed by atoms with Crippen LogP contribution in [-0.2, 0) is 6.42 Å². The number of carbonyl (C=O) groups is 1. The molecule has 0 spiro atoms. The van der Waals surface area contributed by atoms with Gasteiger partial charge in [-0.15, -0.1) is 13.2 Å². The predicted molar refractivity (Wildman–Crippen MR) is 134 cm³/mol. The van der Waals surface area contributed by atoms with E-state index < -0.39 is 6.36 Å². The number of rotatable bonds is 6. The van der Waals surface area contributed by atoms with Crippen molar-refractivity contribution in [3.05, 3.63) is 83.9 Å². The third-order valence-corrected chi connectivity index (χ3v) is 6.52. The Bertz CT molecular complexity index is 1400. The van der Waals surface area contributed by atoms with Crippen LogP contribution >= 0.6 is 0 Å². The van der Waals surface area contributed by atoms with Crippen molar-refractivity contribution in [1.82, 2.24) is 19.4 Å². The standard InChI is InChI=1S/C28H27F3N4O2/c1-18(2)14-26-33-24-15-19(27(36)34-13-11-21(17-34)20-4-3-12-32-16-20)5-10-25(24)35(26)22-6-8-23(9-7-22)37-28(29,30)31/h3-10,12,15-16,18,21H,11,13-14,17H2,1-2H3. The summed E-state index contributed by atoms with van der Waals surface area (Å²) >= 11 is 0. The van der Waals surface area contributed by atoms with E-state index in [1.165, 1.54) is 12.1 Å². The van der Waals surface area contributed by atoms with Gasteiger partial charge >= 0.3 is 6.36 Å². The molecule has 4 aromatic rings. The molecule has 37 heavy (non-hydrogen) atoms. The van der Waals surface area contributed by atoms with Crippen molar-refractivity contribution < 1.29 is 22.7 Å². The summed E-state index contributed by atoms with van der Waals surface area (Å²) in [7, 11) is 0. The number of likely N-dealkylation sites (tertiary alicyclic amines) is 1. The number of fused-ring (bicyclic) bond motifs is 1. The fraction of sp³-hybridized carbons (Fsp3) is 0.321. The number of carbonyl (C=O) groups excluding carboxylic acids is 1. The number of nitrogens with zero attached hydrogens (tertiary/aromatic N) is 4. The molecule has 5 rings (SSSR count). The van der Waals surface area contributed by atoms with Crippen molar-refractivity contribution in [2.45, 2.75) is 39.0 Å². The van der Waals surface area contributed by atoms with Crippen molar-refractivity contribution in [3.8, 4) is 11.4 Å². The first-order chi connectivity index (χ1) is 17.7. The van der Waals surface area contributed by atoms with Crippen molar-refractivity contribution in [3.63, 3.8) is 0 Å². The molecule has 192 valence electrons. The van der Waals surface area contributed by atoms with Crippen LogP contribution in [0.3, 0.4) is 0 Å². The summed E-state index contributed by atoms with van der Waals surface area (Å²) in [5, 5.41) is 0. The van der Waals surface area contributed by atoms with E-state index >= 15 is 0 Å². The topological polar surface area (TPSA) is 60.2 Å². The maximum Gasteiger partial charge on any atom is 0.573 e. The molecule has 0 N–H and O–H groups in total. The highest BCUT2D eigenvalue weighted by atomic mass is 19.4. The monoisotopic (exact) mass is 508 g/mol. The third-order valence-electron chi connectivity index (χ3n) is 6.52. The van der Waals surface area contributed by atoms with Gasteiger partial charge in [-0.05, 0) is 66.4 Å². The molecule has 1 aliphatic heterocycles. The second kappa shape index (κ2) is 9.88. The number of alkyl halides is 3. The number of pyridine rings is 1. The lowest BCUT2D eigenvalue weighted by Crippen LogP contribution is -2.28. The lowest BCUT2D eigenvalue weighted by molar-refractivity contribution is -0.274. The molecule has 0 saturated carbocycles. The Hall–Kier alpha value is -3.88. The predicted octanol–water partition coefficient (Wildman–Crippen LogP) is 6.15. The Morgan fingerprint density at radius 3 is 2.59 bits per heavy atom. The number of benzene rings is 2. The number of hydrogen-bond acceptors (Lipinski definition) is 4. The minimum Gasteiger partial charge on any atom is -0.406 e. The van der Waals surface area contributed by atoms with Gasteiger partial charge in [0, 0.05) is 49.1 Å². The molecule has 1 atom stereocenters. The van der Waals surface area contributed by atoms with Crippen LogP contribution in [0.4, 0.5) is 13.2 Å². The Morgan fingerprint density at radius 2 is 1.92 bits per heavy atom. The summed E-state index contributed by atoms with van der Waals surface area (Å²) in [6.07, 6.45) is 0.407. The number of aromatic nitrogens is 3. The first-order valence-corrected chi connectivity index (χ1v) is 12.2. The van der Waals surface area contributed by atoms with E-state index in [4.69, 9.17) is 4.98 Å². The average Bonchev–Trinajstić information content (AvgIpc) is 3.48. The highest BCUT2D eigenvalue weighted by Crippen LogP contribution is 2.30. The normalized spacial score (nSPS) is 16.1. The SMILES string of the molecule is CC(C)Cc1nc2cc(C(=O)N3CCC(c4cccnc4)C3)ccc2n1-c1ccc(OC(F)(F)F)cc1. The van der Waals surface area contributed by atoms with Crippen LogP contribution in [0.15, 0.2) is 67.0 Å². The van der Waals surface area contributed by atoms with Crippen molar-refractivity contribution in [2.24, 2.45) is 5.92 Å². The number of hydrogen-bond donors (Lipinski definition) is 0. The molecule has 0 aliphatic carbocycles. The second-order valence-electron chi connectivity index (χ2n) is 9.73. The molecule has 2 aromatic heterocycles. The van der Waals surface area contributed by atoms with Gasteiger partial charge < -0.3 is 9.64 Å². The molecule has 1 unspecified atom stereocenters. The summed E-state index contributed by atoms with van der Waals surface area (Å²) in [5.41, 5.74) is 3.82. The average molecular weight is 509 g/mol. The first-order valence-electron chi connectivity index (χ1n) is 12.2. The van der Waals surface area contributed by atoms with Gasteiger partial charge in [-0.1, -0.05) is 19.9 Å². The van der Waals surface area contributed by atoms with E-state index in [0.29, 0.717) is 42.2 Å². The summed E-state index contributed by atoms with van der Waals surface area (Å²) in [4.78, 5) is 24.2. The second-order valence-corrected chi connectivity index (χ2v) is 9.73. The molecule has 1 saturated heterocycles. The van der Waals surface area contributed by atoms with E-state index in [0.717, 1.165) is 23.3 Å². The zero-order chi connectivity index (χ0) is 26.2. The van der Waals surface area contributed by atoms with Gasteiger partial charge in [0.15, 0.2) is 0 Å². The van der Waals surface area contributed by atoms with Crippen molar-refractivity contribution in [1.29, 1.82) is 0 Å². The van der Waals surface area contributed by atoms with Crippen LogP contribution in [0.5, 0.6) is 5.75 Å². The highest BCUT2D eigenvalue weighted by molar-refractivity contribution is 5.98. The molecular weight excluding hydrogens is 481 g/mol. The zero-order valence-electron chi connectivity index (χ0n) is 20.6. The van der Waals surface area contributed by atoms with Crippen LogP contribution in [0, 0.1) is 5.92 Å². The quantitative estimate of drug-likeness (QED) is 0.314. The van der Waals surface area contributed by atoms with Gasteiger partial charge in [-0.3, -0.25) is 14.3 Å². The molecular formula is C28H27F3N4O2. The summed E-state index contributed by atoms with van der Waals surface area (Å²) in [5.74, 6) is 1.02. The maximum absolute atomic E-state index is 13.3. The molecule has 1 amide bonds. The largest absolute Gasteiger partial charge is 0.573 e. The molecule has 0 radical (unpaired) electrons. The smallest absolute Gasteiger partial charge is 0.406 e. The number of amides is 1. The maximum atomic E-state index is 13.3. The molecule has 2 aromatic carbocycles. The van der Waals surface area contributed by atoms with Gasteiger partial charge in [-0.25, -0.2) is 4.98 Å². The molecule has 0 bridgehead atoms. The summed E-state index contributed by atoms with van der Waals surface area (Å²) in [6, 6.07) is 15.1. The molecule has 6 nitrogen and oxygen atoms in total. The molecule has 1 fully saturated rings. The van der Waals surface area contributed by atoms with E-state index in [1.807, 2.05) is 33.9 Å². The Balaban J connectivity index is 1.43. The van der Waals surface area contributed by atoms with Crippen molar-refractivity contribution in [2.75, 3.05) is 13.1 Å².